The zero-order chi connectivity index (χ0) is 82.9. The summed E-state index contributed by atoms with van der Waals surface area (Å²) in [5.74, 6) is 3.61. The van der Waals surface area contributed by atoms with Gasteiger partial charge in [0.2, 0.25) is 0 Å². The largest absolute Gasteiger partial charge is 0.208 e. The zero-order valence-corrected chi connectivity index (χ0v) is 69.5. The second kappa shape index (κ2) is 29.9. The van der Waals surface area contributed by atoms with Gasteiger partial charge in [-0.2, -0.15) is 0 Å². The molecule has 6 nitrogen and oxygen atoms in total. The minimum atomic E-state index is 0.583. The molecule has 4 heterocycles. The Morgan fingerprint density at radius 3 is 0.897 bits per heavy atom. The van der Waals surface area contributed by atoms with Gasteiger partial charge in [0.05, 0.1) is 0 Å². The number of nitrogens with zero attached hydrogens (tertiary/aromatic N) is 6. The van der Waals surface area contributed by atoms with Crippen molar-refractivity contribution in [3.05, 3.63) is 425 Å². The third-order valence-corrected chi connectivity index (χ3v) is 27.8. The molecule has 0 radical (unpaired) electrons. The lowest BCUT2D eigenvalue weighted by Gasteiger charge is -2.18. The average Bonchev–Trinajstić information content (AvgIpc) is 1.05. The predicted octanol–water partition coefficient (Wildman–Crippen LogP) is 32.5. The minimum absolute atomic E-state index is 0.583. The molecule has 25 rings (SSSR count). The molecule has 0 saturated heterocycles. The lowest BCUT2D eigenvalue weighted by Crippen LogP contribution is -2.02. The van der Waals surface area contributed by atoms with Crippen LogP contribution in [0.5, 0.6) is 0 Å². The van der Waals surface area contributed by atoms with Crippen molar-refractivity contribution < 1.29 is 0 Å². The van der Waals surface area contributed by atoms with Crippen molar-refractivity contribution in [2.45, 2.75) is 0 Å². The van der Waals surface area contributed by atoms with Gasteiger partial charge in [0.1, 0.15) is 0 Å². The summed E-state index contributed by atoms with van der Waals surface area (Å²) < 4.78 is 4.70. The molecule has 4 aromatic heterocycles. The van der Waals surface area contributed by atoms with Gasteiger partial charge in [0, 0.05) is 73.7 Å². The molecule has 0 saturated carbocycles. The monoisotopic (exact) mass is 1630 g/mol. The lowest BCUT2D eigenvalue weighted by molar-refractivity contribution is 1.08. The maximum atomic E-state index is 5.72. The van der Waals surface area contributed by atoms with Gasteiger partial charge in [-0.25, -0.2) is 29.9 Å². The summed E-state index contributed by atoms with van der Waals surface area (Å²) in [5, 5.41) is 20.5. The van der Waals surface area contributed by atoms with Crippen LogP contribution in [0.4, 0.5) is 0 Å². The molecule has 0 atom stereocenters. The van der Waals surface area contributed by atoms with Crippen molar-refractivity contribution in [2.24, 2.45) is 0 Å². The molecule has 0 N–H and O–H groups in total. The Morgan fingerprint density at radius 2 is 0.421 bits per heavy atom. The number of hydrogen-bond acceptors (Lipinski definition) is 8. The molecule has 0 bridgehead atoms. The maximum absolute atomic E-state index is 5.72. The predicted molar refractivity (Wildman–Crippen MR) is 532 cm³/mol. The smallest absolute Gasteiger partial charge is 0.165 e. The highest BCUT2D eigenvalue weighted by atomic mass is 32.1. The first kappa shape index (κ1) is 72.7. The average molecular weight is 1640 g/mol. The van der Waals surface area contributed by atoms with Crippen LogP contribution in [0.3, 0.4) is 0 Å². The number of aromatic nitrogens is 6. The van der Waals surface area contributed by atoms with E-state index in [0.29, 0.717) is 34.9 Å². The zero-order valence-electron chi connectivity index (χ0n) is 67.9. The summed E-state index contributed by atoms with van der Waals surface area (Å²) >= 11 is 3.57. The van der Waals surface area contributed by atoms with Gasteiger partial charge in [-0.05, 0) is 238 Å². The summed E-state index contributed by atoms with van der Waals surface area (Å²) in [6.45, 7) is 0. The molecule has 0 fully saturated rings. The van der Waals surface area contributed by atoms with Crippen LogP contribution in [0.1, 0.15) is 0 Å². The third-order valence-electron chi connectivity index (χ3n) is 25.4. The maximum Gasteiger partial charge on any atom is 0.165 e. The Hall–Kier alpha value is -16.1. The van der Waals surface area contributed by atoms with Crippen LogP contribution in [0.2, 0.25) is 0 Å². The van der Waals surface area contributed by atoms with E-state index in [1.807, 2.05) is 0 Å². The molecular weight excluding hydrogens is 1570 g/mol. The molecule has 25 aromatic rings. The fourth-order valence-electron chi connectivity index (χ4n) is 19.5. The molecule has 126 heavy (non-hydrogen) atoms. The first-order valence-corrected chi connectivity index (χ1v) is 44.3. The second-order valence-electron chi connectivity index (χ2n) is 32.5. The van der Waals surface area contributed by atoms with Crippen LogP contribution in [0.15, 0.2) is 425 Å². The van der Waals surface area contributed by atoms with E-state index in [2.05, 4.69) is 425 Å². The SMILES string of the molecule is c1ccc(-c2cc(-c3ccc(-c4nc(-c5ccc(-c6ccccc6)c6c(-c7cccc(-c8cc(-c9ccc(-c%10nc(-c%11ccc(-c%12ccc%13ccccc%13c%12)c%12ccccc%11%12)nc(-c%11cccc%12c%11sc%11ccccc%11%12)n%10)c%10ccccc9%10)cc9ccccc89)c7)cccc56)nc(-c5cccc6c5sc5ccccc56)n4)c4ccccc34)cc3ccccc23)cc1. The van der Waals surface area contributed by atoms with E-state index in [9.17, 15) is 0 Å². The highest BCUT2D eigenvalue weighted by Gasteiger charge is 2.26. The molecule has 584 valence electrons. The van der Waals surface area contributed by atoms with E-state index < -0.39 is 0 Å². The Balaban J connectivity index is 0.636. The van der Waals surface area contributed by atoms with E-state index in [1.165, 1.54) is 63.6 Å². The summed E-state index contributed by atoms with van der Waals surface area (Å²) in [7, 11) is 0. The first-order valence-electron chi connectivity index (χ1n) is 42.7. The summed E-state index contributed by atoms with van der Waals surface area (Å²) in [6.07, 6.45) is 0. The molecule has 0 aliphatic carbocycles. The number of thiophene rings is 2. The van der Waals surface area contributed by atoms with E-state index in [-0.39, 0.29) is 0 Å². The normalized spacial score (nSPS) is 11.8. The van der Waals surface area contributed by atoms with Crippen molar-refractivity contribution >= 4 is 138 Å². The van der Waals surface area contributed by atoms with Gasteiger partial charge in [-0.3, -0.25) is 0 Å². The topological polar surface area (TPSA) is 77.3 Å². The van der Waals surface area contributed by atoms with Crippen molar-refractivity contribution in [1.29, 1.82) is 0 Å². The van der Waals surface area contributed by atoms with Crippen LogP contribution in [-0.4, -0.2) is 29.9 Å². The second-order valence-corrected chi connectivity index (χ2v) is 34.7. The van der Waals surface area contributed by atoms with E-state index in [0.717, 1.165) is 163 Å². The standard InChI is InChI=1S/C118H70N6S2/c1-3-28-72(29-4-1)88-60-64-103(116-120-115(123-118(124-116)105-52-26-50-99-96-46-20-22-54-109(96)126-112(99)105)102-62-58-85(90-40-14-17-43-93(90)102)80-67-75-33-9-11-37-82(75)106(69-80)73-30-5-2-6-31-73)97-48-24-47-87(110(88)97)77-35-23-36-78(66-77)107-70-81(68-76-34-10-12-38-83(76)107)86-59-63-101(94-44-18-15-41-91(86)94)114-119-113(121-117(122-114)104-51-25-49-98-95-45-19-21-53-108(95)125-111(98)104)100-61-57-84(89-39-13-16-42-92(89)100)79-56-55-71-27-7-8-32-74(71)65-79/h1-70H. The van der Waals surface area contributed by atoms with Crippen LogP contribution >= 0.6 is 22.7 Å². The van der Waals surface area contributed by atoms with Gasteiger partial charge in [-0.1, -0.05) is 340 Å². The molecule has 0 aliphatic rings. The van der Waals surface area contributed by atoms with Gasteiger partial charge in [0.25, 0.3) is 0 Å². The van der Waals surface area contributed by atoms with Gasteiger partial charge in [-0.15, -0.1) is 22.7 Å². The van der Waals surface area contributed by atoms with Crippen LogP contribution in [-0.2, 0) is 0 Å². The third kappa shape index (κ3) is 12.3. The number of rotatable bonds is 13. The molecule has 0 unspecified atom stereocenters. The Morgan fingerprint density at radius 1 is 0.135 bits per heavy atom. The lowest BCUT2D eigenvalue weighted by atomic mass is 9.87. The highest BCUT2D eigenvalue weighted by molar-refractivity contribution is 7.26. The van der Waals surface area contributed by atoms with Crippen LogP contribution < -0.4 is 0 Å². The quantitative estimate of drug-likeness (QED) is 0.114. The van der Waals surface area contributed by atoms with Crippen molar-refractivity contribution in [3.63, 3.8) is 0 Å². The van der Waals surface area contributed by atoms with Gasteiger partial charge >= 0.3 is 0 Å². The Kier molecular flexibility index (Phi) is 17.3. The fraction of sp³-hybridized carbons (Fsp3) is 0. The first-order chi connectivity index (χ1) is 62.4. The molecule has 0 amide bonds. The van der Waals surface area contributed by atoms with Gasteiger partial charge < -0.3 is 0 Å². The fourth-order valence-corrected chi connectivity index (χ4v) is 21.9. The van der Waals surface area contributed by atoms with E-state index >= 15 is 0 Å². The number of fused-ring (bicyclic) bond motifs is 13. The Labute approximate surface area is 733 Å². The molecule has 8 heteroatoms. The van der Waals surface area contributed by atoms with E-state index in [1.54, 1.807) is 22.7 Å². The summed E-state index contributed by atoms with van der Waals surface area (Å²) in [4.78, 5) is 33.8. The molecule has 21 aromatic carbocycles. The number of hydrogen-bond donors (Lipinski definition) is 0. The van der Waals surface area contributed by atoms with Crippen molar-refractivity contribution in [1.82, 2.24) is 29.9 Å². The van der Waals surface area contributed by atoms with E-state index in [4.69, 9.17) is 29.9 Å². The van der Waals surface area contributed by atoms with Crippen LogP contribution in [0.25, 0.3) is 262 Å². The van der Waals surface area contributed by atoms with Crippen molar-refractivity contribution in [2.75, 3.05) is 0 Å². The van der Waals surface area contributed by atoms with Crippen molar-refractivity contribution in [3.8, 4) is 146 Å². The molecule has 0 aliphatic heterocycles. The molecule has 0 spiro atoms. The number of benzene rings is 21. The Bertz CT molecular complexity index is 8810. The van der Waals surface area contributed by atoms with Crippen LogP contribution in [0, 0.1) is 0 Å². The molecular formula is C118H70N6S2. The minimum Gasteiger partial charge on any atom is -0.208 e. The summed E-state index contributed by atoms with van der Waals surface area (Å²) in [6, 6.07) is 154. The highest BCUT2D eigenvalue weighted by Crippen LogP contribution is 2.50. The summed E-state index contributed by atoms with van der Waals surface area (Å²) in [5.41, 5.74) is 21.3. The van der Waals surface area contributed by atoms with Gasteiger partial charge in [0.15, 0.2) is 34.9 Å².